The van der Waals surface area contributed by atoms with Gasteiger partial charge in [-0.2, -0.15) is 0 Å². The Labute approximate surface area is 126 Å². The molecule has 2 aromatic rings. The Hall–Kier alpha value is -2.61. The van der Waals surface area contributed by atoms with Gasteiger partial charge in [0.05, 0.1) is 6.54 Å². The fourth-order valence-electron chi connectivity index (χ4n) is 2.37. The molecule has 22 heavy (non-hydrogen) atoms. The van der Waals surface area contributed by atoms with E-state index < -0.39 is 12.0 Å². The molecule has 0 saturated carbocycles. The quantitative estimate of drug-likeness (QED) is 0.884. The van der Waals surface area contributed by atoms with Crippen molar-refractivity contribution >= 4 is 5.97 Å². The summed E-state index contributed by atoms with van der Waals surface area (Å²) < 4.78 is 15.8. The van der Waals surface area contributed by atoms with Crippen LogP contribution in [0.1, 0.15) is 23.4 Å². The molecule has 0 fully saturated rings. The molecule has 1 aliphatic rings. The summed E-state index contributed by atoms with van der Waals surface area (Å²) in [6.07, 6.45) is 0. The number of likely N-dealkylation sites (N-methyl/N-ethyl adjacent to an activating group) is 1. The first-order valence-corrected chi connectivity index (χ1v) is 6.66. The molecular formula is C14H15N3O5. The van der Waals surface area contributed by atoms with E-state index in [9.17, 15) is 9.90 Å². The number of aryl methyl sites for hydroxylation is 1. The molecule has 2 heterocycles. The molecule has 116 valence electrons. The van der Waals surface area contributed by atoms with Crippen LogP contribution in [0.4, 0.5) is 0 Å². The molecule has 0 spiro atoms. The van der Waals surface area contributed by atoms with Crippen molar-refractivity contribution in [2.24, 2.45) is 0 Å². The molecule has 8 nitrogen and oxygen atoms in total. The number of hydrogen-bond acceptors (Lipinski definition) is 7. The molecule has 3 rings (SSSR count). The number of carbonyl (C=O) groups is 1. The lowest BCUT2D eigenvalue weighted by Crippen LogP contribution is -2.30. The third kappa shape index (κ3) is 2.73. The summed E-state index contributed by atoms with van der Waals surface area (Å²) in [7, 11) is 1.68. The minimum Gasteiger partial charge on any atom is -0.480 e. The fourth-order valence-corrected chi connectivity index (χ4v) is 2.37. The fraction of sp³-hybridized carbons (Fsp3) is 0.357. The van der Waals surface area contributed by atoms with Crippen LogP contribution in [0.15, 0.2) is 22.6 Å². The van der Waals surface area contributed by atoms with E-state index >= 15 is 0 Å². The van der Waals surface area contributed by atoms with Gasteiger partial charge < -0.3 is 19.0 Å². The van der Waals surface area contributed by atoms with Gasteiger partial charge in [0.25, 0.3) is 0 Å². The van der Waals surface area contributed by atoms with Crippen LogP contribution in [0.5, 0.6) is 11.5 Å². The lowest BCUT2D eigenvalue weighted by Gasteiger charge is -2.23. The number of carboxylic acid groups (broad SMARTS) is 1. The van der Waals surface area contributed by atoms with Crippen molar-refractivity contribution in [3.05, 3.63) is 35.5 Å². The van der Waals surface area contributed by atoms with Crippen LogP contribution in [-0.2, 0) is 11.3 Å². The first kappa shape index (κ1) is 14.3. The summed E-state index contributed by atoms with van der Waals surface area (Å²) in [6.45, 7) is 2.06. The van der Waals surface area contributed by atoms with Crippen LogP contribution in [0.2, 0.25) is 0 Å². The van der Waals surface area contributed by atoms with Crippen molar-refractivity contribution < 1.29 is 23.8 Å². The summed E-state index contributed by atoms with van der Waals surface area (Å²) in [4.78, 5) is 13.3. The first-order chi connectivity index (χ1) is 10.5. The Morgan fingerprint density at radius 2 is 2.14 bits per heavy atom. The molecule has 1 atom stereocenters. The van der Waals surface area contributed by atoms with Crippen LogP contribution < -0.4 is 9.47 Å². The maximum Gasteiger partial charge on any atom is 0.325 e. The maximum absolute atomic E-state index is 11.7. The zero-order valence-corrected chi connectivity index (χ0v) is 12.1. The number of aromatic nitrogens is 2. The number of ether oxygens (including phenoxy) is 2. The van der Waals surface area contributed by atoms with Crippen LogP contribution >= 0.6 is 0 Å². The second-order valence-electron chi connectivity index (χ2n) is 4.98. The van der Waals surface area contributed by atoms with Gasteiger partial charge in [0, 0.05) is 6.92 Å². The number of nitrogens with zero attached hydrogens (tertiary/aromatic N) is 3. The minimum atomic E-state index is -0.974. The number of hydrogen-bond donors (Lipinski definition) is 1. The Morgan fingerprint density at radius 3 is 2.82 bits per heavy atom. The molecule has 1 N–H and O–H groups in total. The van der Waals surface area contributed by atoms with Crippen molar-refractivity contribution in [1.29, 1.82) is 0 Å². The van der Waals surface area contributed by atoms with Gasteiger partial charge in [0.2, 0.25) is 18.6 Å². The monoisotopic (exact) mass is 305 g/mol. The first-order valence-electron chi connectivity index (χ1n) is 6.66. The molecule has 8 heteroatoms. The van der Waals surface area contributed by atoms with Crippen molar-refractivity contribution in [1.82, 2.24) is 15.1 Å². The molecule has 1 aliphatic heterocycles. The predicted molar refractivity (Wildman–Crippen MR) is 73.4 cm³/mol. The number of carboxylic acids is 1. The lowest BCUT2D eigenvalue weighted by molar-refractivity contribution is -0.143. The third-order valence-electron chi connectivity index (χ3n) is 3.34. The van der Waals surface area contributed by atoms with Gasteiger partial charge in [-0.15, -0.1) is 10.2 Å². The standard InChI is InChI=1S/C14H15N3O5/c1-8-15-16-12(22-8)6-17(2)13(14(18)19)9-3-4-10-11(5-9)21-7-20-10/h3-5,13H,6-7H2,1-2H3,(H,18,19). The highest BCUT2D eigenvalue weighted by Crippen LogP contribution is 2.35. The molecule has 0 aliphatic carbocycles. The van der Waals surface area contributed by atoms with E-state index in [4.69, 9.17) is 13.9 Å². The van der Waals surface area contributed by atoms with E-state index in [-0.39, 0.29) is 13.3 Å². The highest BCUT2D eigenvalue weighted by atomic mass is 16.7. The van der Waals surface area contributed by atoms with Crippen molar-refractivity contribution in [2.75, 3.05) is 13.8 Å². The Morgan fingerprint density at radius 1 is 1.36 bits per heavy atom. The SMILES string of the molecule is Cc1nnc(CN(C)C(C(=O)O)c2ccc3c(c2)OCO3)o1. The molecule has 0 amide bonds. The molecule has 0 radical (unpaired) electrons. The molecular weight excluding hydrogens is 290 g/mol. The lowest BCUT2D eigenvalue weighted by atomic mass is 10.0. The zero-order valence-electron chi connectivity index (χ0n) is 12.1. The number of aliphatic carboxylic acids is 1. The van der Waals surface area contributed by atoms with E-state index in [0.717, 1.165) is 0 Å². The smallest absolute Gasteiger partial charge is 0.325 e. The van der Waals surface area contributed by atoms with Crippen LogP contribution in [0.25, 0.3) is 0 Å². The van der Waals surface area contributed by atoms with Crippen molar-refractivity contribution in [3.63, 3.8) is 0 Å². The molecule has 0 bridgehead atoms. The number of fused-ring (bicyclic) bond motifs is 1. The number of benzene rings is 1. The van der Waals surface area contributed by atoms with Gasteiger partial charge in [-0.1, -0.05) is 6.07 Å². The van der Waals surface area contributed by atoms with Gasteiger partial charge in [0.1, 0.15) is 6.04 Å². The van der Waals surface area contributed by atoms with Crippen LogP contribution in [0.3, 0.4) is 0 Å². The highest BCUT2D eigenvalue weighted by Gasteiger charge is 2.28. The van der Waals surface area contributed by atoms with Crippen molar-refractivity contribution in [3.8, 4) is 11.5 Å². The van der Waals surface area contributed by atoms with E-state index in [2.05, 4.69) is 10.2 Å². The molecule has 1 unspecified atom stereocenters. The van der Waals surface area contributed by atoms with Gasteiger partial charge in [0.15, 0.2) is 11.5 Å². The second-order valence-corrected chi connectivity index (χ2v) is 4.98. The summed E-state index contributed by atoms with van der Waals surface area (Å²) in [5, 5.41) is 17.2. The normalized spacial score (nSPS) is 14.3. The molecule has 0 saturated heterocycles. The van der Waals surface area contributed by atoms with Gasteiger partial charge >= 0.3 is 5.97 Å². The van der Waals surface area contributed by atoms with Gasteiger partial charge in [-0.25, -0.2) is 0 Å². The average Bonchev–Trinajstić information content (AvgIpc) is 3.07. The predicted octanol–water partition coefficient (Wildman–Crippen LogP) is 1.36. The summed E-state index contributed by atoms with van der Waals surface area (Å²) in [5.41, 5.74) is 0.593. The Balaban J connectivity index is 1.84. The minimum absolute atomic E-state index is 0.146. The van der Waals surface area contributed by atoms with Gasteiger partial charge in [-0.3, -0.25) is 9.69 Å². The van der Waals surface area contributed by atoms with E-state index in [0.29, 0.717) is 28.8 Å². The Kier molecular flexibility index (Phi) is 3.68. The maximum atomic E-state index is 11.7. The van der Waals surface area contributed by atoms with Crippen LogP contribution in [-0.4, -0.2) is 40.0 Å². The van der Waals surface area contributed by atoms with E-state index in [1.807, 2.05) is 0 Å². The average molecular weight is 305 g/mol. The summed E-state index contributed by atoms with van der Waals surface area (Å²) in [6, 6.07) is 4.23. The zero-order chi connectivity index (χ0) is 15.7. The highest BCUT2D eigenvalue weighted by molar-refractivity contribution is 5.76. The molecule has 1 aromatic carbocycles. The van der Waals surface area contributed by atoms with E-state index in [1.165, 1.54) is 0 Å². The van der Waals surface area contributed by atoms with E-state index in [1.54, 1.807) is 37.1 Å². The summed E-state index contributed by atoms with van der Waals surface area (Å²) in [5.74, 6) is 0.997. The van der Waals surface area contributed by atoms with Crippen LogP contribution in [0, 0.1) is 6.92 Å². The van der Waals surface area contributed by atoms with Gasteiger partial charge in [-0.05, 0) is 24.7 Å². The third-order valence-corrected chi connectivity index (χ3v) is 3.34. The Bertz CT molecular complexity index is 700. The summed E-state index contributed by atoms with van der Waals surface area (Å²) >= 11 is 0. The largest absolute Gasteiger partial charge is 0.480 e. The number of rotatable bonds is 5. The topological polar surface area (TPSA) is 97.9 Å². The second kappa shape index (κ2) is 5.64. The molecule has 1 aromatic heterocycles. The van der Waals surface area contributed by atoms with Crippen molar-refractivity contribution in [2.45, 2.75) is 19.5 Å².